The highest BCUT2D eigenvalue weighted by molar-refractivity contribution is 7.13. The van der Waals surface area contributed by atoms with Crippen LogP contribution in [0.15, 0.2) is 5.38 Å². The summed E-state index contributed by atoms with van der Waals surface area (Å²) in [4.78, 5) is 15.5. The molecule has 0 saturated heterocycles. The maximum absolute atomic E-state index is 11.1. The monoisotopic (exact) mass is 312 g/mol. The van der Waals surface area contributed by atoms with E-state index in [4.69, 9.17) is 0 Å². The Morgan fingerprint density at radius 2 is 1.86 bits per heavy atom. The molecule has 0 atom stereocenters. The average Bonchev–Trinajstić information content (AvgIpc) is 2.93. The van der Waals surface area contributed by atoms with E-state index in [1.807, 2.05) is 5.38 Å². The highest BCUT2D eigenvalue weighted by atomic mass is 32.1. The molecule has 0 fully saturated rings. The van der Waals surface area contributed by atoms with Gasteiger partial charge in [0.2, 0.25) is 0 Å². The van der Waals surface area contributed by atoms with E-state index in [1.165, 1.54) is 58.5 Å². The normalized spacial score (nSPS) is 10.6. The van der Waals surface area contributed by atoms with Crippen molar-refractivity contribution in [2.75, 3.05) is 19.0 Å². The van der Waals surface area contributed by atoms with E-state index in [1.54, 1.807) is 11.3 Å². The first-order valence-corrected chi connectivity index (χ1v) is 8.89. The summed E-state index contributed by atoms with van der Waals surface area (Å²) in [6, 6.07) is 0. The first-order valence-electron chi connectivity index (χ1n) is 8.01. The molecule has 21 heavy (non-hydrogen) atoms. The standard InChI is InChI=1S/C16H28N2O2S/c1-3-4-5-6-7-8-9-10-11-17-16-18-14(13-21-16)12-15(19)20-2/h13H,3-12H2,1-2H3,(H,17,18). The molecule has 0 bridgehead atoms. The fourth-order valence-corrected chi connectivity index (χ4v) is 2.88. The smallest absolute Gasteiger partial charge is 0.311 e. The Hall–Kier alpha value is -1.10. The number of anilines is 1. The molecule has 0 amide bonds. The molecule has 1 N–H and O–H groups in total. The van der Waals surface area contributed by atoms with Gasteiger partial charge in [0.05, 0.1) is 19.2 Å². The van der Waals surface area contributed by atoms with Crippen LogP contribution >= 0.6 is 11.3 Å². The van der Waals surface area contributed by atoms with Gasteiger partial charge in [-0.3, -0.25) is 4.79 Å². The minimum atomic E-state index is -0.241. The Kier molecular flexibility index (Phi) is 9.87. The van der Waals surface area contributed by atoms with Crippen molar-refractivity contribution >= 4 is 22.4 Å². The Bertz CT molecular complexity index is 393. The van der Waals surface area contributed by atoms with Gasteiger partial charge in [-0.15, -0.1) is 11.3 Å². The zero-order valence-electron chi connectivity index (χ0n) is 13.3. The van der Waals surface area contributed by atoms with Crippen LogP contribution in [0.5, 0.6) is 0 Å². The number of hydrogen-bond acceptors (Lipinski definition) is 5. The molecule has 0 unspecified atom stereocenters. The largest absolute Gasteiger partial charge is 0.469 e. The first kappa shape index (κ1) is 18.0. The van der Waals surface area contributed by atoms with E-state index in [-0.39, 0.29) is 12.4 Å². The Balaban J connectivity index is 2.01. The number of ether oxygens (including phenoxy) is 1. The molecular formula is C16H28N2O2S. The lowest BCUT2D eigenvalue weighted by Gasteiger charge is -2.03. The SMILES string of the molecule is CCCCCCCCCCNc1nc(CC(=O)OC)cs1. The van der Waals surface area contributed by atoms with Gasteiger partial charge in [-0.05, 0) is 6.42 Å². The number of nitrogens with one attached hydrogen (secondary N) is 1. The molecule has 0 saturated carbocycles. The first-order chi connectivity index (χ1) is 10.3. The molecule has 1 rings (SSSR count). The van der Waals surface area contributed by atoms with E-state index in [9.17, 15) is 4.79 Å². The number of carbonyl (C=O) groups is 1. The molecule has 0 aliphatic heterocycles. The summed E-state index contributed by atoms with van der Waals surface area (Å²) in [5.74, 6) is -0.241. The number of aromatic nitrogens is 1. The molecular weight excluding hydrogens is 284 g/mol. The van der Waals surface area contributed by atoms with Gasteiger partial charge in [-0.1, -0.05) is 51.9 Å². The predicted octanol–water partition coefficient (Wildman–Crippen LogP) is 4.41. The lowest BCUT2D eigenvalue weighted by molar-refractivity contribution is -0.139. The van der Waals surface area contributed by atoms with Crippen molar-refractivity contribution in [3.05, 3.63) is 11.1 Å². The van der Waals surface area contributed by atoms with Crippen LogP contribution in [-0.2, 0) is 16.0 Å². The van der Waals surface area contributed by atoms with Crippen LogP contribution in [0, 0.1) is 0 Å². The maximum Gasteiger partial charge on any atom is 0.311 e. The van der Waals surface area contributed by atoms with Crippen LogP contribution in [0.2, 0.25) is 0 Å². The summed E-state index contributed by atoms with van der Waals surface area (Å²) in [7, 11) is 1.40. The predicted molar refractivity (Wildman–Crippen MR) is 88.9 cm³/mol. The quantitative estimate of drug-likeness (QED) is 0.459. The van der Waals surface area contributed by atoms with Gasteiger partial charge in [0, 0.05) is 11.9 Å². The van der Waals surface area contributed by atoms with Crippen molar-refractivity contribution in [2.45, 2.75) is 64.7 Å². The van der Waals surface area contributed by atoms with Crippen molar-refractivity contribution in [1.29, 1.82) is 0 Å². The molecule has 4 nitrogen and oxygen atoms in total. The second kappa shape index (κ2) is 11.5. The Labute approximate surface area is 132 Å². The zero-order valence-corrected chi connectivity index (χ0v) is 14.1. The molecule has 0 aromatic carbocycles. The number of thiazole rings is 1. The molecule has 1 aromatic rings. The Morgan fingerprint density at radius 1 is 1.19 bits per heavy atom. The number of unbranched alkanes of at least 4 members (excludes halogenated alkanes) is 7. The average molecular weight is 312 g/mol. The minimum Gasteiger partial charge on any atom is -0.469 e. The van der Waals surface area contributed by atoms with Crippen LogP contribution in [-0.4, -0.2) is 24.6 Å². The van der Waals surface area contributed by atoms with Crippen LogP contribution in [0.1, 0.15) is 64.0 Å². The summed E-state index contributed by atoms with van der Waals surface area (Å²) >= 11 is 1.55. The van der Waals surface area contributed by atoms with Gasteiger partial charge < -0.3 is 10.1 Å². The highest BCUT2D eigenvalue weighted by Gasteiger charge is 2.07. The summed E-state index contributed by atoms with van der Waals surface area (Å²) < 4.78 is 4.63. The third kappa shape index (κ3) is 8.71. The van der Waals surface area contributed by atoms with Crippen LogP contribution < -0.4 is 5.32 Å². The molecule has 0 aliphatic carbocycles. The number of nitrogens with zero attached hydrogens (tertiary/aromatic N) is 1. The van der Waals surface area contributed by atoms with E-state index in [0.717, 1.165) is 17.4 Å². The molecule has 1 heterocycles. The third-order valence-electron chi connectivity index (χ3n) is 3.41. The summed E-state index contributed by atoms with van der Waals surface area (Å²) in [5.41, 5.74) is 0.783. The van der Waals surface area contributed by atoms with Crippen molar-refractivity contribution < 1.29 is 9.53 Å². The molecule has 120 valence electrons. The van der Waals surface area contributed by atoms with E-state index in [2.05, 4.69) is 22.0 Å². The van der Waals surface area contributed by atoms with E-state index >= 15 is 0 Å². The zero-order chi connectivity index (χ0) is 15.3. The van der Waals surface area contributed by atoms with E-state index < -0.39 is 0 Å². The van der Waals surface area contributed by atoms with Gasteiger partial charge in [0.15, 0.2) is 5.13 Å². The van der Waals surface area contributed by atoms with Crippen LogP contribution in [0.3, 0.4) is 0 Å². The Morgan fingerprint density at radius 3 is 2.52 bits per heavy atom. The minimum absolute atomic E-state index is 0.241. The van der Waals surface area contributed by atoms with Crippen molar-refractivity contribution in [1.82, 2.24) is 4.98 Å². The summed E-state index contributed by atoms with van der Waals surface area (Å²) in [6.07, 6.45) is 10.9. The topological polar surface area (TPSA) is 51.2 Å². The molecule has 0 aliphatic rings. The van der Waals surface area contributed by atoms with Crippen LogP contribution in [0.4, 0.5) is 5.13 Å². The van der Waals surface area contributed by atoms with Crippen molar-refractivity contribution in [3.8, 4) is 0 Å². The number of esters is 1. The number of hydrogen-bond donors (Lipinski definition) is 1. The molecule has 0 spiro atoms. The molecule has 5 heteroatoms. The molecule has 1 aromatic heterocycles. The molecule has 0 radical (unpaired) electrons. The highest BCUT2D eigenvalue weighted by Crippen LogP contribution is 2.16. The number of rotatable bonds is 12. The maximum atomic E-state index is 11.1. The van der Waals surface area contributed by atoms with Gasteiger partial charge in [-0.2, -0.15) is 0 Å². The van der Waals surface area contributed by atoms with Gasteiger partial charge in [-0.25, -0.2) is 4.98 Å². The van der Waals surface area contributed by atoms with Crippen LogP contribution in [0.25, 0.3) is 0 Å². The third-order valence-corrected chi connectivity index (χ3v) is 4.26. The van der Waals surface area contributed by atoms with Gasteiger partial charge in [0.1, 0.15) is 0 Å². The van der Waals surface area contributed by atoms with Crippen molar-refractivity contribution in [3.63, 3.8) is 0 Å². The fourth-order valence-electron chi connectivity index (χ4n) is 2.14. The number of methoxy groups -OCH3 is 1. The van der Waals surface area contributed by atoms with Gasteiger partial charge in [0.25, 0.3) is 0 Å². The summed E-state index contributed by atoms with van der Waals surface area (Å²) in [5, 5.41) is 6.13. The fraction of sp³-hybridized carbons (Fsp3) is 0.750. The lowest BCUT2D eigenvalue weighted by atomic mass is 10.1. The van der Waals surface area contributed by atoms with Gasteiger partial charge >= 0.3 is 5.97 Å². The second-order valence-electron chi connectivity index (χ2n) is 5.30. The second-order valence-corrected chi connectivity index (χ2v) is 6.16. The summed E-state index contributed by atoms with van der Waals surface area (Å²) in [6.45, 7) is 3.21. The van der Waals surface area contributed by atoms with E-state index in [0.29, 0.717) is 0 Å². The van der Waals surface area contributed by atoms with Crippen molar-refractivity contribution in [2.24, 2.45) is 0 Å². The number of carbonyl (C=O) groups excluding carboxylic acids is 1. The lowest BCUT2D eigenvalue weighted by Crippen LogP contribution is -2.05.